The number of Topliss-reactive ketones (excluding diaryl/α,β-unsaturated/α-hetero) is 1. The van der Waals surface area contributed by atoms with Crippen molar-refractivity contribution < 1.29 is 24.9 Å². The van der Waals surface area contributed by atoms with Gasteiger partial charge in [-0.15, -0.1) is 11.6 Å². The van der Waals surface area contributed by atoms with E-state index >= 15 is 0 Å². The lowest BCUT2D eigenvalue weighted by atomic mass is 10.0. The molecule has 5 nitrogen and oxygen atoms in total. The molecule has 3 N–H and O–H groups in total. The molecule has 0 aromatic heterocycles. The Hall–Kier alpha value is -1.59. The fourth-order valence-corrected chi connectivity index (χ4v) is 1.40. The number of phenols is 1. The molecule has 0 saturated carbocycles. The third kappa shape index (κ3) is 2.95. The highest BCUT2D eigenvalue weighted by Gasteiger charge is 2.20. The lowest BCUT2D eigenvalue weighted by Crippen LogP contribution is -2.13. The van der Waals surface area contributed by atoms with Crippen molar-refractivity contribution in [2.75, 3.05) is 0 Å². The summed E-state index contributed by atoms with van der Waals surface area (Å²) in [5.41, 5.74) is -0.0115. The standard InChI is InChI=1S/C11H11ClO5/c1-5(12)9(14)7-3-2-6(4-8(7)13)10(15)11(16)17/h2-5,10,13,15H,1H3,(H,16,17). The van der Waals surface area contributed by atoms with Gasteiger partial charge in [0.2, 0.25) is 0 Å². The number of ketones is 1. The van der Waals surface area contributed by atoms with Crippen LogP contribution in [0.5, 0.6) is 5.75 Å². The molecule has 0 bridgehead atoms. The van der Waals surface area contributed by atoms with E-state index in [9.17, 15) is 19.8 Å². The van der Waals surface area contributed by atoms with Crippen LogP contribution in [-0.2, 0) is 4.79 Å². The number of alkyl halides is 1. The molecule has 6 heteroatoms. The Morgan fingerprint density at radius 3 is 2.35 bits per heavy atom. The van der Waals surface area contributed by atoms with Gasteiger partial charge in [-0.3, -0.25) is 4.79 Å². The van der Waals surface area contributed by atoms with Gasteiger partial charge in [0.1, 0.15) is 5.75 Å². The minimum absolute atomic E-state index is 0.00570. The molecular weight excluding hydrogens is 248 g/mol. The summed E-state index contributed by atoms with van der Waals surface area (Å²) in [5.74, 6) is -2.31. The zero-order chi connectivity index (χ0) is 13.2. The predicted octanol–water partition coefficient (Wildman–Crippen LogP) is 1.32. The van der Waals surface area contributed by atoms with Crippen molar-refractivity contribution in [3.05, 3.63) is 29.3 Å². The Morgan fingerprint density at radius 1 is 1.35 bits per heavy atom. The first kappa shape index (κ1) is 13.5. The van der Waals surface area contributed by atoms with Crippen LogP contribution in [0.1, 0.15) is 28.9 Å². The van der Waals surface area contributed by atoms with Crippen LogP contribution in [0.4, 0.5) is 0 Å². The number of carboxylic acid groups (broad SMARTS) is 1. The second-order valence-electron chi connectivity index (χ2n) is 3.50. The van der Waals surface area contributed by atoms with Crippen molar-refractivity contribution in [3.63, 3.8) is 0 Å². The largest absolute Gasteiger partial charge is 0.507 e. The highest BCUT2D eigenvalue weighted by atomic mass is 35.5. The number of carbonyl (C=O) groups excluding carboxylic acids is 1. The van der Waals surface area contributed by atoms with Crippen LogP contribution >= 0.6 is 11.6 Å². The number of aliphatic hydroxyl groups is 1. The molecule has 1 aromatic rings. The van der Waals surface area contributed by atoms with Gasteiger partial charge in [0, 0.05) is 0 Å². The summed E-state index contributed by atoms with van der Waals surface area (Å²) in [6.45, 7) is 1.46. The molecule has 0 aliphatic heterocycles. The number of hydrogen-bond donors (Lipinski definition) is 3. The first-order chi connectivity index (χ1) is 7.84. The number of aliphatic carboxylic acids is 1. The van der Waals surface area contributed by atoms with Crippen molar-refractivity contribution in [3.8, 4) is 5.75 Å². The van der Waals surface area contributed by atoms with Gasteiger partial charge >= 0.3 is 5.97 Å². The normalized spacial score (nSPS) is 14.1. The fourth-order valence-electron chi connectivity index (χ4n) is 1.28. The smallest absolute Gasteiger partial charge is 0.337 e. The lowest BCUT2D eigenvalue weighted by Gasteiger charge is -2.09. The summed E-state index contributed by atoms with van der Waals surface area (Å²) in [6, 6.07) is 3.52. The first-order valence-corrected chi connectivity index (χ1v) is 5.20. The van der Waals surface area contributed by atoms with E-state index in [0.717, 1.165) is 6.07 Å². The predicted molar refractivity (Wildman–Crippen MR) is 60.3 cm³/mol. The molecule has 0 amide bonds. The van der Waals surface area contributed by atoms with E-state index < -0.39 is 29.0 Å². The van der Waals surface area contributed by atoms with Gasteiger partial charge in [0.05, 0.1) is 10.9 Å². The Labute approximate surface area is 102 Å². The van der Waals surface area contributed by atoms with Crippen molar-refractivity contribution in [2.45, 2.75) is 18.4 Å². The van der Waals surface area contributed by atoms with Crippen LogP contribution in [-0.4, -0.2) is 32.4 Å². The zero-order valence-corrected chi connectivity index (χ0v) is 9.68. The van der Waals surface area contributed by atoms with Gasteiger partial charge in [-0.1, -0.05) is 6.07 Å². The molecule has 0 spiro atoms. The molecule has 0 aliphatic carbocycles. The van der Waals surface area contributed by atoms with Crippen LogP contribution in [0, 0.1) is 0 Å². The quantitative estimate of drug-likeness (QED) is 0.559. The second kappa shape index (κ2) is 5.16. The molecule has 0 fully saturated rings. The van der Waals surface area contributed by atoms with E-state index in [2.05, 4.69) is 0 Å². The maximum Gasteiger partial charge on any atom is 0.337 e. The average molecular weight is 259 g/mol. The Balaban J connectivity index is 3.10. The summed E-state index contributed by atoms with van der Waals surface area (Å²) in [6.07, 6.45) is -1.74. The van der Waals surface area contributed by atoms with E-state index in [-0.39, 0.29) is 11.1 Å². The number of carbonyl (C=O) groups is 2. The van der Waals surface area contributed by atoms with E-state index in [4.69, 9.17) is 16.7 Å². The number of carboxylic acids is 1. The number of rotatable bonds is 4. The number of hydrogen-bond acceptors (Lipinski definition) is 4. The van der Waals surface area contributed by atoms with Crippen molar-refractivity contribution in [1.82, 2.24) is 0 Å². The van der Waals surface area contributed by atoms with Gasteiger partial charge in [-0.05, 0) is 24.6 Å². The van der Waals surface area contributed by atoms with Crippen molar-refractivity contribution >= 4 is 23.4 Å². The van der Waals surface area contributed by atoms with Crippen molar-refractivity contribution in [1.29, 1.82) is 0 Å². The minimum atomic E-state index is -1.74. The van der Waals surface area contributed by atoms with E-state index in [0.29, 0.717) is 0 Å². The van der Waals surface area contributed by atoms with E-state index in [1.54, 1.807) is 0 Å². The van der Waals surface area contributed by atoms with E-state index in [1.165, 1.54) is 19.1 Å². The molecule has 1 aromatic carbocycles. The van der Waals surface area contributed by atoms with Gasteiger partial charge in [0.25, 0.3) is 0 Å². The Kier molecular flexibility index (Phi) is 4.09. The first-order valence-electron chi connectivity index (χ1n) is 4.76. The maximum atomic E-state index is 11.5. The summed E-state index contributed by atoms with van der Waals surface area (Å²) in [7, 11) is 0. The van der Waals surface area contributed by atoms with E-state index in [1.807, 2.05) is 0 Å². The highest BCUT2D eigenvalue weighted by molar-refractivity contribution is 6.33. The summed E-state index contributed by atoms with van der Waals surface area (Å²) >= 11 is 5.58. The molecule has 1 rings (SSSR count). The van der Waals surface area contributed by atoms with Crippen LogP contribution in [0.2, 0.25) is 0 Å². The second-order valence-corrected chi connectivity index (χ2v) is 4.15. The van der Waals surface area contributed by atoms with Crippen LogP contribution in [0.25, 0.3) is 0 Å². The molecule has 0 aliphatic rings. The maximum absolute atomic E-state index is 11.5. The number of benzene rings is 1. The molecule has 0 heterocycles. The lowest BCUT2D eigenvalue weighted by molar-refractivity contribution is -0.146. The molecule has 92 valence electrons. The number of aromatic hydroxyl groups is 1. The average Bonchev–Trinajstić information content (AvgIpc) is 2.26. The Morgan fingerprint density at radius 2 is 1.94 bits per heavy atom. The third-order valence-corrected chi connectivity index (χ3v) is 2.40. The summed E-state index contributed by atoms with van der Waals surface area (Å²) in [4.78, 5) is 22.0. The molecular formula is C11H11ClO5. The topological polar surface area (TPSA) is 94.8 Å². The Bertz CT molecular complexity index is 455. The fraction of sp³-hybridized carbons (Fsp3) is 0.273. The molecule has 17 heavy (non-hydrogen) atoms. The van der Waals surface area contributed by atoms with Gasteiger partial charge in [-0.2, -0.15) is 0 Å². The molecule has 0 radical (unpaired) electrons. The third-order valence-electron chi connectivity index (χ3n) is 2.20. The van der Waals surface area contributed by atoms with Crippen molar-refractivity contribution in [2.24, 2.45) is 0 Å². The molecule has 2 atom stereocenters. The monoisotopic (exact) mass is 258 g/mol. The van der Waals surface area contributed by atoms with Gasteiger partial charge in [0.15, 0.2) is 11.9 Å². The van der Waals surface area contributed by atoms with Crippen LogP contribution in [0.3, 0.4) is 0 Å². The zero-order valence-electron chi connectivity index (χ0n) is 8.92. The molecule has 0 saturated heterocycles. The number of halogens is 1. The minimum Gasteiger partial charge on any atom is -0.507 e. The number of aliphatic hydroxyl groups excluding tert-OH is 1. The van der Waals surface area contributed by atoms with Crippen LogP contribution < -0.4 is 0 Å². The SMILES string of the molecule is CC(Cl)C(=O)c1ccc(C(O)C(=O)O)cc1O. The van der Waals surface area contributed by atoms with Gasteiger partial charge in [-0.25, -0.2) is 4.79 Å². The van der Waals surface area contributed by atoms with Crippen LogP contribution in [0.15, 0.2) is 18.2 Å². The summed E-state index contributed by atoms with van der Waals surface area (Å²) < 4.78 is 0. The molecule has 2 unspecified atom stereocenters. The number of phenolic OH excluding ortho intramolecular Hbond substituents is 1. The highest BCUT2D eigenvalue weighted by Crippen LogP contribution is 2.25. The summed E-state index contributed by atoms with van der Waals surface area (Å²) in [5, 5.41) is 26.6. The van der Waals surface area contributed by atoms with Gasteiger partial charge < -0.3 is 15.3 Å².